The number of phenolic OH excluding ortho intramolecular Hbond substituents is 1. The summed E-state index contributed by atoms with van der Waals surface area (Å²) in [5.74, 6) is 1.12. The number of rotatable bonds is 15. The van der Waals surface area contributed by atoms with Gasteiger partial charge in [0.05, 0.1) is 30.3 Å². The average molecular weight is 661 g/mol. The molecule has 11 heteroatoms. The number of benzene rings is 2. The van der Waals surface area contributed by atoms with Crippen LogP contribution in [0.4, 0.5) is 4.79 Å². The lowest BCUT2D eigenvalue weighted by atomic mass is 9.82. The van der Waals surface area contributed by atoms with Crippen LogP contribution in [0, 0.1) is 5.92 Å². The van der Waals surface area contributed by atoms with Crippen molar-refractivity contribution < 1.29 is 24.9 Å². The summed E-state index contributed by atoms with van der Waals surface area (Å²) < 4.78 is 6.15. The first-order valence-electron chi connectivity index (χ1n) is 16.6. The quantitative estimate of drug-likeness (QED) is 0.102. The number of fused-ring (bicyclic) bond motifs is 4. The molecule has 3 atom stereocenters. The van der Waals surface area contributed by atoms with Crippen molar-refractivity contribution >= 4 is 28.3 Å². The van der Waals surface area contributed by atoms with Crippen LogP contribution >= 0.6 is 11.3 Å². The summed E-state index contributed by atoms with van der Waals surface area (Å²) in [7, 11) is 0. The third kappa shape index (κ3) is 7.81. The molecule has 3 fully saturated rings. The number of hydrogen-bond donors (Lipinski definition) is 5. The molecule has 0 saturated carbocycles. The summed E-state index contributed by atoms with van der Waals surface area (Å²) in [6.45, 7) is 4.62. The molecule has 3 aliphatic rings. The van der Waals surface area contributed by atoms with Gasteiger partial charge in [-0.05, 0) is 109 Å². The molecule has 5 heterocycles. The number of pyridine rings is 1. The summed E-state index contributed by atoms with van der Waals surface area (Å²) in [6, 6.07) is 15.7. The van der Waals surface area contributed by atoms with Gasteiger partial charge < -0.3 is 35.3 Å². The molecule has 2 bridgehead atoms. The van der Waals surface area contributed by atoms with E-state index >= 15 is 0 Å². The van der Waals surface area contributed by atoms with Gasteiger partial charge in [-0.1, -0.05) is 31.0 Å². The number of nitrogens with zero attached hydrogens (tertiary/aromatic N) is 2. The zero-order chi connectivity index (χ0) is 32.8. The molecule has 0 spiro atoms. The summed E-state index contributed by atoms with van der Waals surface area (Å²) in [5.41, 5.74) is 2.61. The molecular weight excluding hydrogens is 616 g/mol. The van der Waals surface area contributed by atoms with Gasteiger partial charge in [0.2, 0.25) is 5.56 Å². The Bertz CT molecular complexity index is 1690. The second kappa shape index (κ2) is 15.3. The van der Waals surface area contributed by atoms with Crippen molar-refractivity contribution in [1.82, 2.24) is 20.1 Å². The molecule has 3 saturated heterocycles. The summed E-state index contributed by atoms with van der Waals surface area (Å²) in [5, 5.41) is 39.3. The molecule has 1 amide bonds. The van der Waals surface area contributed by atoms with Gasteiger partial charge in [-0.15, -0.1) is 0 Å². The van der Waals surface area contributed by atoms with Crippen molar-refractivity contribution in [2.24, 2.45) is 5.92 Å². The number of aliphatic hydroxyl groups excluding tert-OH is 1. The number of nitrogens with one attached hydrogen (secondary N) is 2. The second-order valence-electron chi connectivity index (χ2n) is 12.7. The number of aromatic nitrogens is 1. The van der Waals surface area contributed by atoms with Crippen LogP contribution in [-0.4, -0.2) is 81.6 Å². The maximum absolute atomic E-state index is 12.8. The Hall–Kier alpha value is -3.90. The van der Waals surface area contributed by atoms with Gasteiger partial charge in [-0.2, -0.15) is 11.3 Å². The third-order valence-corrected chi connectivity index (χ3v) is 10.3. The van der Waals surface area contributed by atoms with E-state index in [9.17, 15) is 24.9 Å². The number of aromatic hydroxyl groups is 1. The van der Waals surface area contributed by atoms with Crippen LogP contribution in [0.2, 0.25) is 0 Å². The predicted molar refractivity (Wildman–Crippen MR) is 183 cm³/mol. The second-order valence-corrected chi connectivity index (χ2v) is 13.5. The van der Waals surface area contributed by atoms with Gasteiger partial charge in [0.15, 0.2) is 0 Å². The zero-order valence-corrected chi connectivity index (χ0v) is 27.3. The smallest absolute Gasteiger partial charge is 0.408 e. The predicted octanol–water partition coefficient (Wildman–Crippen LogP) is 5.72. The van der Waals surface area contributed by atoms with Crippen LogP contribution in [0.5, 0.6) is 11.5 Å². The van der Waals surface area contributed by atoms with Crippen LogP contribution < -0.4 is 15.6 Å². The van der Waals surface area contributed by atoms with Crippen molar-refractivity contribution in [3.05, 3.63) is 92.4 Å². The number of unbranched alkanes of at least 4 members (excludes halogenated alkanes) is 3. The third-order valence-electron chi connectivity index (χ3n) is 9.63. The molecular formula is C36H44N4O6S. The van der Waals surface area contributed by atoms with Crippen molar-refractivity contribution in [2.45, 2.75) is 56.7 Å². The minimum absolute atomic E-state index is 0.0229. The van der Waals surface area contributed by atoms with Gasteiger partial charge in [0, 0.05) is 24.5 Å². The molecule has 2 aromatic heterocycles. The highest BCUT2D eigenvalue weighted by Crippen LogP contribution is 2.39. The van der Waals surface area contributed by atoms with Gasteiger partial charge in [-0.25, -0.2) is 4.79 Å². The number of phenols is 1. The van der Waals surface area contributed by atoms with E-state index in [0.717, 1.165) is 81.6 Å². The van der Waals surface area contributed by atoms with E-state index in [1.807, 2.05) is 35.7 Å². The molecule has 5 N–H and O–H groups in total. The van der Waals surface area contributed by atoms with Crippen molar-refractivity contribution in [3.8, 4) is 11.5 Å². The highest BCUT2D eigenvalue weighted by molar-refractivity contribution is 7.08. The van der Waals surface area contributed by atoms with E-state index < -0.39 is 12.2 Å². The first-order chi connectivity index (χ1) is 22.9. The fourth-order valence-electron chi connectivity index (χ4n) is 7.21. The van der Waals surface area contributed by atoms with Crippen LogP contribution in [0.3, 0.4) is 0 Å². The number of aliphatic hydroxyl groups is 1. The maximum atomic E-state index is 12.8. The molecule has 0 radical (unpaired) electrons. The van der Waals surface area contributed by atoms with E-state index in [-0.39, 0.29) is 23.4 Å². The van der Waals surface area contributed by atoms with E-state index in [4.69, 9.17) is 4.74 Å². The zero-order valence-electron chi connectivity index (χ0n) is 26.5. The molecule has 10 nitrogen and oxygen atoms in total. The van der Waals surface area contributed by atoms with Crippen LogP contribution in [0.1, 0.15) is 67.4 Å². The maximum Gasteiger partial charge on any atom is 0.408 e. The Balaban J connectivity index is 0.966. The van der Waals surface area contributed by atoms with E-state index in [0.29, 0.717) is 35.5 Å². The Labute approximate surface area is 278 Å². The summed E-state index contributed by atoms with van der Waals surface area (Å²) in [4.78, 5) is 31.2. The minimum Gasteiger partial charge on any atom is -0.506 e. The van der Waals surface area contributed by atoms with Crippen LogP contribution in [0.25, 0.3) is 10.9 Å². The Morgan fingerprint density at radius 1 is 1.06 bits per heavy atom. The number of carbonyl (C=O) groups is 1. The molecule has 2 aromatic carbocycles. The standard InChI is InChI=1S/C36H44N4O6S/c41-31-10-8-28(29-9-11-33(43)38-34(29)31)32(42)21-37-15-3-1-2-4-18-46-27-7-5-6-25(20-27)35(26-14-19-47-23-26)40(36(44)45)30-22-39-16-12-24(30)13-17-39/h5-11,14,19-20,23-24,30,32,35,37,41-42H,1-4,12-13,15-18,21-22H2,(H,38,43)(H,44,45)/t30-,32-,35?/m0/s1. The number of hydrogen-bond acceptors (Lipinski definition) is 8. The Morgan fingerprint density at radius 2 is 1.89 bits per heavy atom. The highest BCUT2D eigenvalue weighted by Gasteiger charge is 2.43. The first kappa shape index (κ1) is 33.0. The van der Waals surface area contributed by atoms with Gasteiger partial charge in [0.1, 0.15) is 11.5 Å². The summed E-state index contributed by atoms with van der Waals surface area (Å²) >= 11 is 1.59. The number of thiophene rings is 1. The highest BCUT2D eigenvalue weighted by atomic mass is 32.1. The van der Waals surface area contributed by atoms with Crippen molar-refractivity contribution in [3.63, 3.8) is 0 Å². The number of piperidine rings is 3. The Kier molecular flexibility index (Phi) is 10.8. The monoisotopic (exact) mass is 660 g/mol. The SMILES string of the molecule is O=C(O)N(C(c1ccsc1)c1cccc(OCCCCCCNC[C@H](O)c2ccc(O)c3[nH]c(=O)ccc23)c1)[C@H]1CN2CCC1CC2. The van der Waals surface area contributed by atoms with Crippen LogP contribution in [0.15, 0.2) is 70.2 Å². The Morgan fingerprint density at radius 3 is 2.64 bits per heavy atom. The number of H-pyrrole nitrogens is 1. The molecule has 0 aliphatic carbocycles. The average Bonchev–Trinajstić information content (AvgIpc) is 3.62. The van der Waals surface area contributed by atoms with Gasteiger partial charge in [-0.3, -0.25) is 9.69 Å². The largest absolute Gasteiger partial charge is 0.506 e. The van der Waals surface area contributed by atoms with Crippen LogP contribution in [-0.2, 0) is 0 Å². The van der Waals surface area contributed by atoms with E-state index in [2.05, 4.69) is 20.6 Å². The molecule has 1 unspecified atom stereocenters. The first-order valence-corrected chi connectivity index (χ1v) is 17.6. The van der Waals surface area contributed by atoms with E-state index in [1.54, 1.807) is 28.4 Å². The molecule has 4 aromatic rings. The van der Waals surface area contributed by atoms with Crippen molar-refractivity contribution in [1.29, 1.82) is 0 Å². The fourth-order valence-corrected chi connectivity index (χ4v) is 7.88. The topological polar surface area (TPSA) is 138 Å². The lowest BCUT2D eigenvalue weighted by Crippen LogP contribution is -2.59. The lowest BCUT2D eigenvalue weighted by Gasteiger charge is -2.50. The molecule has 3 aliphatic heterocycles. The minimum atomic E-state index is -0.873. The lowest BCUT2D eigenvalue weighted by molar-refractivity contribution is -0.000757. The molecule has 7 rings (SSSR count). The van der Waals surface area contributed by atoms with E-state index in [1.165, 1.54) is 12.1 Å². The summed E-state index contributed by atoms with van der Waals surface area (Å²) in [6.07, 6.45) is 4.33. The molecule has 47 heavy (non-hydrogen) atoms. The van der Waals surface area contributed by atoms with Crippen molar-refractivity contribution in [2.75, 3.05) is 39.3 Å². The van der Waals surface area contributed by atoms with Gasteiger partial charge >= 0.3 is 6.09 Å². The number of ether oxygens (including phenoxy) is 1. The number of carboxylic acid groups (broad SMARTS) is 1. The number of amides is 1. The normalized spacial score (nSPS) is 20.2. The fraction of sp³-hybridized carbons (Fsp3) is 0.444. The number of aromatic amines is 1. The van der Waals surface area contributed by atoms with Gasteiger partial charge in [0.25, 0.3) is 0 Å². The molecule has 250 valence electrons.